The number of nitrogens with one attached hydrogen (secondary N) is 1. The molecule has 6 rings (SSSR count). The number of benzene rings is 1. The summed E-state index contributed by atoms with van der Waals surface area (Å²) in [5, 5.41) is 9.99. The Bertz CT molecular complexity index is 1300. The number of thioether (sulfide) groups is 1. The Morgan fingerprint density at radius 2 is 1.83 bits per heavy atom. The van der Waals surface area contributed by atoms with Gasteiger partial charge in [0.05, 0.1) is 37.5 Å². The van der Waals surface area contributed by atoms with Gasteiger partial charge >= 0.3 is 10.8 Å². The second kappa shape index (κ2) is 8.12. The van der Waals surface area contributed by atoms with Crippen molar-refractivity contribution in [2.45, 2.75) is 29.0 Å². The fourth-order valence-electron chi connectivity index (χ4n) is 6.93. The molecule has 4 aliphatic rings. The molecule has 1 saturated heterocycles. The van der Waals surface area contributed by atoms with Gasteiger partial charge in [0.1, 0.15) is 0 Å². The van der Waals surface area contributed by atoms with Crippen molar-refractivity contribution in [2.75, 3.05) is 20.8 Å². The lowest BCUT2D eigenvalue weighted by atomic mass is 9.68. The summed E-state index contributed by atoms with van der Waals surface area (Å²) in [5.41, 5.74) is 0.984. The van der Waals surface area contributed by atoms with Crippen molar-refractivity contribution in [3.8, 4) is 11.5 Å². The van der Waals surface area contributed by atoms with Crippen molar-refractivity contribution in [1.29, 1.82) is 0 Å². The molecule has 1 aromatic carbocycles. The summed E-state index contributed by atoms with van der Waals surface area (Å²) in [6.07, 6.45) is 0.533. The molecule has 9 nitrogen and oxygen atoms in total. The van der Waals surface area contributed by atoms with Gasteiger partial charge in [-0.15, -0.1) is 11.8 Å². The number of H-pyrrole nitrogens is 1. The van der Waals surface area contributed by atoms with Crippen LogP contribution in [0.25, 0.3) is 0 Å². The number of fused-ring (bicyclic) bond motifs is 9. The van der Waals surface area contributed by atoms with Gasteiger partial charge in [0.25, 0.3) is 0 Å². The number of thiazole rings is 1. The summed E-state index contributed by atoms with van der Waals surface area (Å²) in [6, 6.07) is 5.78. The van der Waals surface area contributed by atoms with E-state index in [4.69, 9.17) is 14.6 Å². The van der Waals surface area contributed by atoms with E-state index in [0.29, 0.717) is 11.5 Å². The van der Waals surface area contributed by atoms with Crippen molar-refractivity contribution in [3.63, 3.8) is 0 Å². The Morgan fingerprint density at radius 3 is 2.51 bits per heavy atom. The molecule has 11 heteroatoms. The van der Waals surface area contributed by atoms with Crippen LogP contribution in [0.4, 0.5) is 0 Å². The third kappa shape index (κ3) is 3.20. The lowest BCUT2D eigenvalue weighted by Gasteiger charge is -2.43. The molecule has 2 amide bonds. The minimum absolute atomic E-state index is 0.00507. The van der Waals surface area contributed by atoms with E-state index in [1.807, 2.05) is 18.2 Å². The molecular weight excluding hydrogens is 492 g/mol. The molecule has 0 unspecified atom stereocenters. The van der Waals surface area contributed by atoms with Crippen LogP contribution >= 0.6 is 23.1 Å². The first-order valence-electron chi connectivity index (χ1n) is 11.5. The van der Waals surface area contributed by atoms with Crippen molar-refractivity contribution in [3.05, 3.63) is 38.3 Å². The number of imide groups is 1. The highest BCUT2D eigenvalue weighted by molar-refractivity contribution is 8.00. The van der Waals surface area contributed by atoms with E-state index in [-0.39, 0.29) is 58.6 Å². The number of carboxylic acids is 1. The standard InChI is InChI=1S/C24H24N2O7S2/c1-32-12-4-3-9(7-13(12)33-2)15-16-10-8-11(19(16)34-21-20(15)35-24(31)25-21)18-17(10)22(29)26(23(18)30)6-5-14(27)28/h3-4,7,10-11,15-19H,5-6,8H2,1-2H3,(H,25,31)(H,27,28)/t10-,11+,15+,16+,17+,18+,19+/m0/s1. The first kappa shape index (κ1) is 22.7. The van der Waals surface area contributed by atoms with E-state index in [2.05, 4.69) is 4.98 Å². The zero-order valence-corrected chi connectivity index (χ0v) is 20.7. The minimum Gasteiger partial charge on any atom is -0.493 e. The number of methoxy groups -OCH3 is 2. The zero-order valence-electron chi connectivity index (χ0n) is 19.1. The number of ether oxygens (including phenoxy) is 2. The van der Waals surface area contributed by atoms with Crippen molar-refractivity contribution in [1.82, 2.24) is 9.88 Å². The maximum atomic E-state index is 13.4. The summed E-state index contributed by atoms with van der Waals surface area (Å²) in [7, 11) is 3.16. The lowest BCUT2D eigenvalue weighted by Crippen LogP contribution is -2.42. The Hall–Kier alpha value is -2.79. The van der Waals surface area contributed by atoms with E-state index in [1.165, 1.54) is 16.2 Å². The van der Waals surface area contributed by atoms with Crippen LogP contribution < -0.4 is 14.3 Å². The molecule has 2 aliphatic heterocycles. The van der Waals surface area contributed by atoms with E-state index >= 15 is 0 Å². The highest BCUT2D eigenvalue weighted by Crippen LogP contribution is 2.68. The fraction of sp³-hybridized carbons (Fsp3) is 0.500. The molecule has 0 spiro atoms. The van der Waals surface area contributed by atoms with Gasteiger partial charge in [-0.2, -0.15) is 0 Å². The van der Waals surface area contributed by atoms with Crippen molar-refractivity contribution in [2.24, 2.45) is 29.6 Å². The lowest BCUT2D eigenvalue weighted by molar-refractivity contribution is -0.142. The summed E-state index contributed by atoms with van der Waals surface area (Å²) in [6.45, 7) is -0.0817. The van der Waals surface area contributed by atoms with Crippen LogP contribution in [0, 0.1) is 29.6 Å². The number of likely N-dealkylation sites (tertiary alicyclic amines) is 1. The second-order valence-corrected chi connectivity index (χ2v) is 11.7. The average molecular weight is 517 g/mol. The van der Waals surface area contributed by atoms with Crippen LogP contribution in [0.1, 0.15) is 29.2 Å². The molecule has 2 bridgehead atoms. The number of carboxylic acid groups (broad SMARTS) is 1. The smallest absolute Gasteiger partial charge is 0.305 e. The first-order chi connectivity index (χ1) is 16.8. The SMILES string of the molecule is COc1ccc([C@H]2c3sc(=O)[nH]c3S[C@@H]3[C@@H]4C[C@H]([C@H]5C(=O)N(CCC(=O)O)C(=O)[C@H]45)[C@H]23)cc1OC. The van der Waals surface area contributed by atoms with Crippen LogP contribution in [-0.4, -0.2) is 58.8 Å². The monoisotopic (exact) mass is 516 g/mol. The number of hydrogen-bond donors (Lipinski definition) is 2. The molecule has 184 valence electrons. The van der Waals surface area contributed by atoms with Crippen molar-refractivity contribution >= 4 is 40.9 Å². The maximum absolute atomic E-state index is 13.4. The number of carbonyl (C=O) groups excluding carboxylic acids is 2. The predicted molar refractivity (Wildman–Crippen MR) is 127 cm³/mol. The van der Waals surface area contributed by atoms with Gasteiger partial charge in [-0.05, 0) is 41.9 Å². The van der Waals surface area contributed by atoms with Gasteiger partial charge in [0.15, 0.2) is 11.5 Å². The van der Waals surface area contributed by atoms with Gasteiger partial charge in [-0.3, -0.25) is 24.1 Å². The number of rotatable bonds is 6. The van der Waals surface area contributed by atoms with Gasteiger partial charge < -0.3 is 19.6 Å². The maximum Gasteiger partial charge on any atom is 0.305 e. The summed E-state index contributed by atoms with van der Waals surface area (Å²) in [4.78, 5) is 55.1. The van der Waals surface area contributed by atoms with Gasteiger partial charge in [0.2, 0.25) is 11.8 Å². The number of aromatic nitrogens is 1. The van der Waals surface area contributed by atoms with E-state index in [9.17, 15) is 19.2 Å². The highest BCUT2D eigenvalue weighted by atomic mass is 32.2. The average Bonchev–Trinajstić information content (AvgIpc) is 3.56. The number of amides is 2. The second-order valence-electron chi connectivity index (χ2n) is 9.55. The molecule has 1 aromatic heterocycles. The van der Waals surface area contributed by atoms with Crippen LogP contribution in [0.2, 0.25) is 0 Å². The van der Waals surface area contributed by atoms with Crippen LogP contribution in [0.3, 0.4) is 0 Å². The molecule has 2 aromatic rings. The quantitative estimate of drug-likeness (QED) is 0.561. The van der Waals surface area contributed by atoms with E-state index in [1.54, 1.807) is 26.0 Å². The Kier molecular flexibility index (Phi) is 5.26. The van der Waals surface area contributed by atoms with E-state index < -0.39 is 17.8 Å². The summed E-state index contributed by atoms with van der Waals surface area (Å²) < 4.78 is 11.0. The molecule has 2 saturated carbocycles. The number of nitrogens with zero attached hydrogens (tertiary/aromatic N) is 1. The Morgan fingerprint density at radius 1 is 1.11 bits per heavy atom. The predicted octanol–water partition coefficient (Wildman–Crippen LogP) is 2.40. The minimum atomic E-state index is -1.03. The Balaban J connectivity index is 1.42. The van der Waals surface area contributed by atoms with Crippen molar-refractivity contribution < 1.29 is 29.0 Å². The summed E-state index contributed by atoms with van der Waals surface area (Å²) in [5.74, 6) is -1.20. The number of aromatic amines is 1. The summed E-state index contributed by atoms with van der Waals surface area (Å²) >= 11 is 2.82. The molecule has 0 radical (unpaired) electrons. The number of carbonyl (C=O) groups is 3. The third-order valence-corrected chi connectivity index (χ3v) is 10.7. The Labute approximate surface area is 208 Å². The third-order valence-electron chi connectivity index (χ3n) is 8.13. The zero-order chi connectivity index (χ0) is 24.6. The van der Waals surface area contributed by atoms with Gasteiger partial charge in [0, 0.05) is 22.6 Å². The van der Waals surface area contributed by atoms with Gasteiger partial charge in [-0.1, -0.05) is 17.4 Å². The topological polar surface area (TPSA) is 126 Å². The first-order valence-corrected chi connectivity index (χ1v) is 13.2. The largest absolute Gasteiger partial charge is 0.493 e. The molecule has 3 heterocycles. The normalized spacial score (nSPS) is 32.4. The fourth-order valence-corrected chi connectivity index (χ4v) is 9.81. The van der Waals surface area contributed by atoms with Crippen LogP contribution in [0.5, 0.6) is 11.5 Å². The van der Waals surface area contributed by atoms with Crippen LogP contribution in [-0.2, 0) is 14.4 Å². The molecule has 2 aliphatic carbocycles. The molecule has 3 fully saturated rings. The van der Waals surface area contributed by atoms with E-state index in [0.717, 1.165) is 21.9 Å². The van der Waals surface area contributed by atoms with Gasteiger partial charge in [-0.25, -0.2) is 0 Å². The highest BCUT2D eigenvalue weighted by Gasteiger charge is 2.69. The molecular formula is C24H24N2O7S2. The molecule has 2 N–H and O–H groups in total. The number of aliphatic carboxylic acids is 1. The molecule has 35 heavy (non-hydrogen) atoms. The van der Waals surface area contributed by atoms with Crippen LogP contribution in [0.15, 0.2) is 28.0 Å². The molecule has 7 atom stereocenters. The number of hydrogen-bond acceptors (Lipinski definition) is 8.